The molecule has 0 fully saturated rings. The van der Waals surface area contributed by atoms with E-state index in [1.54, 1.807) is 48.5 Å². The van der Waals surface area contributed by atoms with Crippen LogP contribution in [0.2, 0.25) is 0 Å². The molecule has 0 unspecified atom stereocenters. The first-order chi connectivity index (χ1) is 17.2. The van der Waals surface area contributed by atoms with Gasteiger partial charge in [-0.25, -0.2) is 9.59 Å². The van der Waals surface area contributed by atoms with Gasteiger partial charge in [0.2, 0.25) is 11.5 Å². The molecule has 35 heavy (non-hydrogen) atoms. The summed E-state index contributed by atoms with van der Waals surface area (Å²) in [6, 6.07) is 29.5. The summed E-state index contributed by atoms with van der Waals surface area (Å²) in [5, 5.41) is 2.20. The highest BCUT2D eigenvalue weighted by molar-refractivity contribution is 6.25. The van der Waals surface area contributed by atoms with Crippen LogP contribution in [0.4, 0.5) is 0 Å². The fourth-order valence-corrected chi connectivity index (χ4v) is 4.87. The number of hydrogen-bond acceptors (Lipinski definition) is 5. The van der Waals surface area contributed by atoms with E-state index < -0.39 is 11.9 Å². The van der Waals surface area contributed by atoms with Gasteiger partial charge in [0.05, 0.1) is 11.1 Å². The molecule has 4 aromatic carbocycles. The number of fused-ring (bicyclic) bond motifs is 7. The molecular formula is C30H16O5. The van der Waals surface area contributed by atoms with E-state index >= 15 is 0 Å². The molecule has 0 saturated heterocycles. The monoisotopic (exact) mass is 456 g/mol. The molecule has 7 rings (SSSR count). The highest BCUT2D eigenvalue weighted by atomic mass is 16.6. The molecule has 0 aliphatic heterocycles. The number of furan rings is 2. The zero-order chi connectivity index (χ0) is 23.5. The molecule has 2 bridgehead atoms. The van der Waals surface area contributed by atoms with Crippen molar-refractivity contribution in [3.8, 4) is 33.8 Å². The summed E-state index contributed by atoms with van der Waals surface area (Å²) in [6.07, 6.45) is 0. The van der Waals surface area contributed by atoms with E-state index in [9.17, 15) is 9.59 Å². The van der Waals surface area contributed by atoms with E-state index in [0.29, 0.717) is 22.3 Å². The van der Waals surface area contributed by atoms with Gasteiger partial charge in [0, 0.05) is 11.1 Å². The highest BCUT2D eigenvalue weighted by Crippen LogP contribution is 2.60. The summed E-state index contributed by atoms with van der Waals surface area (Å²) < 4.78 is 17.8. The van der Waals surface area contributed by atoms with Crippen LogP contribution in [0.1, 0.15) is 20.7 Å². The number of esters is 2. The Morgan fingerprint density at radius 3 is 1.46 bits per heavy atom. The second-order valence-electron chi connectivity index (χ2n) is 8.39. The normalized spacial score (nSPS) is 11.7. The maximum atomic E-state index is 13.0. The quantitative estimate of drug-likeness (QED) is 0.209. The highest BCUT2D eigenvalue weighted by Gasteiger charge is 2.38. The number of benzene rings is 5. The van der Waals surface area contributed by atoms with E-state index in [2.05, 4.69) is 12.1 Å². The van der Waals surface area contributed by atoms with Crippen molar-refractivity contribution in [3.63, 3.8) is 0 Å². The first-order valence-electron chi connectivity index (χ1n) is 11.2. The summed E-state index contributed by atoms with van der Waals surface area (Å²) in [5.41, 5.74) is 5.24. The topological polar surface area (TPSA) is 65.7 Å². The lowest BCUT2D eigenvalue weighted by molar-refractivity contribution is 0.0687. The number of ether oxygens (including phenoxy) is 2. The minimum absolute atomic E-state index is 0.113. The van der Waals surface area contributed by atoms with E-state index in [1.807, 2.05) is 36.4 Å². The second kappa shape index (κ2) is 7.30. The third-order valence-corrected chi connectivity index (χ3v) is 6.38. The first-order valence-corrected chi connectivity index (χ1v) is 11.2. The van der Waals surface area contributed by atoms with Gasteiger partial charge >= 0.3 is 11.9 Å². The molecule has 6 aromatic rings. The van der Waals surface area contributed by atoms with Crippen LogP contribution in [-0.4, -0.2) is 11.9 Å². The maximum Gasteiger partial charge on any atom is 0.343 e. The fraction of sp³-hybridized carbons (Fsp3) is 0. The van der Waals surface area contributed by atoms with Gasteiger partial charge in [-0.1, -0.05) is 72.8 Å². The lowest BCUT2D eigenvalue weighted by Gasteiger charge is -2.10. The third-order valence-electron chi connectivity index (χ3n) is 6.38. The van der Waals surface area contributed by atoms with Crippen molar-refractivity contribution in [1.29, 1.82) is 0 Å². The largest absolute Gasteiger partial charge is 0.448 e. The third kappa shape index (κ3) is 2.82. The van der Waals surface area contributed by atoms with Gasteiger partial charge in [0.25, 0.3) is 0 Å². The van der Waals surface area contributed by atoms with Crippen LogP contribution in [0.15, 0.2) is 101 Å². The van der Waals surface area contributed by atoms with Gasteiger partial charge in [-0.3, -0.25) is 0 Å². The Morgan fingerprint density at radius 1 is 0.543 bits per heavy atom. The van der Waals surface area contributed by atoms with E-state index in [-0.39, 0.29) is 11.5 Å². The molecule has 166 valence electrons. The van der Waals surface area contributed by atoms with Crippen molar-refractivity contribution in [1.82, 2.24) is 0 Å². The van der Waals surface area contributed by atoms with Gasteiger partial charge in [-0.15, -0.1) is 0 Å². The van der Waals surface area contributed by atoms with Crippen molar-refractivity contribution in [2.75, 3.05) is 0 Å². The van der Waals surface area contributed by atoms with E-state index in [4.69, 9.17) is 13.9 Å². The van der Waals surface area contributed by atoms with Gasteiger partial charge in [-0.2, -0.15) is 0 Å². The van der Waals surface area contributed by atoms with Gasteiger partial charge < -0.3 is 13.9 Å². The Balaban J connectivity index is 1.42. The summed E-state index contributed by atoms with van der Waals surface area (Å²) >= 11 is 0. The van der Waals surface area contributed by atoms with Crippen molar-refractivity contribution in [2.24, 2.45) is 0 Å². The predicted molar refractivity (Wildman–Crippen MR) is 132 cm³/mol. The van der Waals surface area contributed by atoms with Crippen LogP contribution in [-0.2, 0) is 0 Å². The minimum Gasteiger partial charge on any atom is -0.448 e. The van der Waals surface area contributed by atoms with Gasteiger partial charge in [0.15, 0.2) is 11.2 Å². The summed E-state index contributed by atoms with van der Waals surface area (Å²) in [4.78, 5) is 26.0. The SMILES string of the molecule is O=C(Oc1c(OC(=O)c2ccccc2)c2oc1c1c2-c2cccc3cccc-1c23)c1ccccc1. The van der Waals surface area contributed by atoms with Crippen molar-refractivity contribution in [2.45, 2.75) is 0 Å². The Labute approximate surface area is 199 Å². The molecule has 1 aliphatic carbocycles. The van der Waals surface area contributed by atoms with Crippen LogP contribution in [0.3, 0.4) is 0 Å². The molecule has 0 saturated carbocycles. The van der Waals surface area contributed by atoms with E-state index in [1.165, 1.54) is 0 Å². The molecule has 1 aliphatic rings. The number of carbonyl (C=O) groups excluding carboxylic acids is 2. The van der Waals surface area contributed by atoms with Gasteiger partial charge in [-0.05, 0) is 46.2 Å². The Hall–Kier alpha value is -4.90. The molecule has 5 nitrogen and oxygen atoms in total. The van der Waals surface area contributed by atoms with Crippen LogP contribution in [0, 0.1) is 0 Å². The van der Waals surface area contributed by atoms with Crippen molar-refractivity contribution >= 4 is 33.9 Å². The smallest absolute Gasteiger partial charge is 0.343 e. The molecule has 0 spiro atoms. The van der Waals surface area contributed by atoms with Crippen LogP contribution < -0.4 is 9.47 Å². The Kier molecular flexibility index (Phi) is 4.08. The van der Waals surface area contributed by atoms with Crippen LogP contribution >= 0.6 is 0 Å². The lowest BCUT2D eigenvalue weighted by atomic mass is 10.0. The van der Waals surface area contributed by atoms with Crippen LogP contribution in [0.25, 0.3) is 44.2 Å². The molecule has 0 atom stereocenters. The first kappa shape index (κ1) is 19.6. The molecular weight excluding hydrogens is 440 g/mol. The van der Waals surface area contributed by atoms with E-state index in [0.717, 1.165) is 33.0 Å². The number of carbonyl (C=O) groups is 2. The number of rotatable bonds is 4. The molecule has 0 radical (unpaired) electrons. The minimum atomic E-state index is -0.561. The average molecular weight is 456 g/mol. The summed E-state index contributed by atoms with van der Waals surface area (Å²) in [5.74, 6) is -0.897. The van der Waals surface area contributed by atoms with Crippen molar-refractivity contribution < 1.29 is 23.5 Å². The molecule has 0 N–H and O–H groups in total. The zero-order valence-corrected chi connectivity index (χ0v) is 18.3. The molecule has 5 heteroatoms. The Morgan fingerprint density at radius 2 is 1.00 bits per heavy atom. The van der Waals surface area contributed by atoms with Crippen LogP contribution in [0.5, 0.6) is 11.5 Å². The number of hydrogen-bond donors (Lipinski definition) is 0. The standard InChI is InChI=1S/C30H16O5/c31-29(18-9-3-1-4-10-18)34-27-25-23-20-15-7-13-17-14-8-16-21(22(17)20)24(23)26(33-25)28(27)35-30(32)19-11-5-2-6-12-19/h1-16H. The maximum absolute atomic E-state index is 13.0. The van der Waals surface area contributed by atoms with Gasteiger partial charge in [0.1, 0.15) is 0 Å². The zero-order valence-electron chi connectivity index (χ0n) is 18.3. The Bertz CT molecular complexity index is 1640. The molecule has 0 amide bonds. The average Bonchev–Trinajstić information content (AvgIpc) is 3.56. The fourth-order valence-electron chi connectivity index (χ4n) is 4.87. The molecule has 2 heterocycles. The molecule has 2 aromatic heterocycles. The summed E-state index contributed by atoms with van der Waals surface area (Å²) in [7, 11) is 0. The lowest BCUT2D eigenvalue weighted by Crippen LogP contribution is -2.12. The predicted octanol–water partition coefficient (Wildman–Crippen LogP) is 7.11. The second-order valence-corrected chi connectivity index (χ2v) is 8.39. The summed E-state index contributed by atoms with van der Waals surface area (Å²) in [6.45, 7) is 0. The van der Waals surface area contributed by atoms with Crippen molar-refractivity contribution in [3.05, 3.63) is 108 Å².